The number of amides is 3. The summed E-state index contributed by atoms with van der Waals surface area (Å²) in [6.07, 6.45) is 8.17. The van der Waals surface area contributed by atoms with E-state index in [9.17, 15) is 24.3 Å². The molecule has 1 aromatic rings. The quantitative estimate of drug-likeness (QED) is 0.164. The van der Waals surface area contributed by atoms with Crippen molar-refractivity contribution in [3.63, 3.8) is 0 Å². The average Bonchev–Trinajstić information content (AvgIpc) is 3.34. The van der Waals surface area contributed by atoms with Gasteiger partial charge in [-0.3, -0.25) is 19.2 Å². The molecular formula is C32H47N3O7. The van der Waals surface area contributed by atoms with Gasteiger partial charge in [0, 0.05) is 38.5 Å². The number of carbonyl (C=O) groups excluding carboxylic acids is 4. The molecule has 0 bridgehead atoms. The molecule has 0 spiro atoms. The van der Waals surface area contributed by atoms with Gasteiger partial charge in [0.2, 0.25) is 17.7 Å². The van der Waals surface area contributed by atoms with Crippen molar-refractivity contribution in [2.45, 2.75) is 96.9 Å². The lowest BCUT2D eigenvalue weighted by Gasteiger charge is -2.35. The van der Waals surface area contributed by atoms with E-state index in [0.29, 0.717) is 31.4 Å². The molecule has 3 N–H and O–H groups in total. The van der Waals surface area contributed by atoms with E-state index >= 15 is 0 Å². The molecule has 1 aliphatic rings. The Morgan fingerprint density at radius 1 is 1.07 bits per heavy atom. The van der Waals surface area contributed by atoms with E-state index in [1.165, 1.54) is 12.0 Å². The van der Waals surface area contributed by atoms with Gasteiger partial charge in [-0.05, 0) is 42.9 Å². The summed E-state index contributed by atoms with van der Waals surface area (Å²) >= 11 is 0. The summed E-state index contributed by atoms with van der Waals surface area (Å²) in [4.78, 5) is 52.9. The fraction of sp³-hybridized carbons (Fsp3) is 0.625. The Morgan fingerprint density at radius 3 is 2.29 bits per heavy atom. The molecule has 232 valence electrons. The van der Waals surface area contributed by atoms with Crippen molar-refractivity contribution in [1.29, 1.82) is 0 Å². The third kappa shape index (κ3) is 10.8. The number of aliphatic hydroxyl groups excluding tert-OH is 1. The van der Waals surface area contributed by atoms with E-state index in [1.807, 2.05) is 32.9 Å². The van der Waals surface area contributed by atoms with Crippen LogP contribution in [0.3, 0.4) is 0 Å². The first-order valence-electron chi connectivity index (χ1n) is 14.7. The van der Waals surface area contributed by atoms with Crippen LogP contribution in [0, 0.1) is 17.8 Å². The summed E-state index contributed by atoms with van der Waals surface area (Å²) in [6.45, 7) is 7.88. The molecule has 0 aliphatic carbocycles. The van der Waals surface area contributed by atoms with E-state index in [1.54, 1.807) is 19.1 Å². The largest absolute Gasteiger partial charge is 0.466 e. The molecule has 10 nitrogen and oxygen atoms in total. The number of unbranched alkanes of at least 4 members (excludes halogenated alkanes) is 3. The van der Waals surface area contributed by atoms with Crippen molar-refractivity contribution in [3.8, 4) is 12.3 Å². The Labute approximate surface area is 249 Å². The van der Waals surface area contributed by atoms with Crippen LogP contribution in [0.15, 0.2) is 24.3 Å². The number of esters is 1. The molecule has 0 aromatic heterocycles. The highest BCUT2D eigenvalue weighted by Crippen LogP contribution is 2.27. The monoisotopic (exact) mass is 585 g/mol. The van der Waals surface area contributed by atoms with Gasteiger partial charge < -0.3 is 30.1 Å². The Hall–Kier alpha value is -3.42. The number of aliphatic hydroxyl groups is 1. The van der Waals surface area contributed by atoms with Gasteiger partial charge in [-0.25, -0.2) is 0 Å². The highest BCUT2D eigenvalue weighted by atomic mass is 16.5. The smallest absolute Gasteiger partial charge is 0.305 e. The van der Waals surface area contributed by atoms with Gasteiger partial charge in [0.05, 0.1) is 25.4 Å². The molecule has 1 aromatic carbocycles. The number of carbonyl (C=O) groups is 4. The van der Waals surface area contributed by atoms with Crippen LogP contribution in [0.1, 0.15) is 89.8 Å². The second-order valence-corrected chi connectivity index (χ2v) is 11.8. The highest BCUT2D eigenvalue weighted by molar-refractivity contribution is 5.93. The second kappa shape index (κ2) is 16.9. The predicted molar refractivity (Wildman–Crippen MR) is 159 cm³/mol. The third-order valence-electron chi connectivity index (χ3n) is 7.25. The molecule has 3 amide bonds. The van der Waals surface area contributed by atoms with Crippen LogP contribution in [0.25, 0.3) is 0 Å². The number of hydrogen-bond donors (Lipinski definition) is 3. The number of nitrogens with zero attached hydrogens (tertiary/aromatic N) is 1. The Balaban J connectivity index is 2.04. The molecule has 0 radical (unpaired) electrons. The number of likely N-dealkylation sites (tertiary alicyclic amines) is 1. The van der Waals surface area contributed by atoms with Crippen molar-refractivity contribution in [2.24, 2.45) is 5.41 Å². The molecule has 2 rings (SSSR count). The Morgan fingerprint density at radius 2 is 1.71 bits per heavy atom. The number of benzene rings is 1. The van der Waals surface area contributed by atoms with Crippen molar-refractivity contribution in [2.75, 3.05) is 26.9 Å². The molecule has 1 saturated heterocycles. The Kier molecular flexibility index (Phi) is 14.0. The van der Waals surface area contributed by atoms with E-state index in [-0.39, 0.29) is 37.9 Å². The van der Waals surface area contributed by atoms with Crippen molar-refractivity contribution < 1.29 is 33.8 Å². The maximum absolute atomic E-state index is 13.8. The number of methoxy groups -OCH3 is 1. The number of ether oxygens (including phenoxy) is 2. The lowest BCUT2D eigenvalue weighted by atomic mass is 9.85. The van der Waals surface area contributed by atoms with E-state index < -0.39 is 41.5 Å². The third-order valence-corrected chi connectivity index (χ3v) is 7.25. The van der Waals surface area contributed by atoms with E-state index in [2.05, 4.69) is 16.6 Å². The van der Waals surface area contributed by atoms with Crippen LogP contribution >= 0.6 is 0 Å². The van der Waals surface area contributed by atoms with Gasteiger partial charge in [0.15, 0.2) is 0 Å². The lowest BCUT2D eigenvalue weighted by Crippen LogP contribution is -2.58. The fourth-order valence-electron chi connectivity index (χ4n) is 4.96. The molecule has 4 atom stereocenters. The molecule has 1 heterocycles. The van der Waals surface area contributed by atoms with Gasteiger partial charge in [0.1, 0.15) is 12.1 Å². The van der Waals surface area contributed by atoms with Crippen LogP contribution in [-0.4, -0.2) is 78.8 Å². The topological polar surface area (TPSA) is 134 Å². The average molecular weight is 586 g/mol. The van der Waals surface area contributed by atoms with E-state index in [0.717, 1.165) is 18.4 Å². The first-order chi connectivity index (χ1) is 19.9. The molecule has 1 fully saturated rings. The minimum absolute atomic E-state index is 0.00829. The number of β-amino-alcohol motifs (C(OH)–C–C–N with tert-alkyl or cyclic N) is 1. The normalized spacial score (nSPS) is 18.1. The number of rotatable bonds is 15. The molecular weight excluding hydrogens is 538 g/mol. The SMILES string of the molecule is C#Cc1ccc(C(COC)NC(=O)[C@@H]2C[C@@H](O)CN2C(=O)C(NC(=O)CCCCCCC(=O)OCC)C(C)(C)C)cc1. The highest BCUT2D eigenvalue weighted by Gasteiger charge is 2.44. The summed E-state index contributed by atoms with van der Waals surface area (Å²) in [6, 6.07) is 4.91. The first kappa shape index (κ1) is 34.8. The number of hydrogen-bond acceptors (Lipinski definition) is 7. The number of terminal acetylenes is 1. The zero-order chi connectivity index (χ0) is 31.3. The van der Waals surface area contributed by atoms with Crippen molar-refractivity contribution >= 4 is 23.7 Å². The Bertz CT molecular complexity index is 1090. The molecule has 0 saturated carbocycles. The van der Waals surface area contributed by atoms with Gasteiger partial charge in [-0.1, -0.05) is 51.7 Å². The second-order valence-electron chi connectivity index (χ2n) is 11.8. The van der Waals surface area contributed by atoms with Crippen LogP contribution in [0.4, 0.5) is 0 Å². The fourth-order valence-corrected chi connectivity index (χ4v) is 4.96. The minimum Gasteiger partial charge on any atom is -0.466 e. The van der Waals surface area contributed by atoms with Gasteiger partial charge >= 0.3 is 5.97 Å². The number of nitrogens with one attached hydrogen (secondary N) is 2. The summed E-state index contributed by atoms with van der Waals surface area (Å²) in [5.74, 6) is 1.26. The zero-order valence-corrected chi connectivity index (χ0v) is 25.6. The van der Waals surface area contributed by atoms with Crippen molar-refractivity contribution in [3.05, 3.63) is 35.4 Å². The maximum atomic E-state index is 13.8. The maximum Gasteiger partial charge on any atom is 0.305 e. The van der Waals surface area contributed by atoms with E-state index in [4.69, 9.17) is 15.9 Å². The van der Waals surface area contributed by atoms with Crippen LogP contribution < -0.4 is 10.6 Å². The standard InChI is InChI=1S/C32H47N3O7/c1-7-22-15-17-23(18-16-22)25(21-41-6)33-30(39)26-19-24(36)20-35(26)31(40)29(32(3,4)5)34-27(37)13-11-9-10-12-14-28(38)42-8-2/h1,15-18,24-26,29,36H,8-14,19-21H2,2-6H3,(H,33,39)(H,34,37)/t24-,25?,26+,29?/m1/s1. The first-order valence-corrected chi connectivity index (χ1v) is 14.7. The van der Waals surface area contributed by atoms with Crippen molar-refractivity contribution in [1.82, 2.24) is 15.5 Å². The summed E-state index contributed by atoms with van der Waals surface area (Å²) in [5, 5.41) is 16.3. The minimum atomic E-state index is -0.905. The van der Waals surface area contributed by atoms with Gasteiger partial charge in [-0.15, -0.1) is 6.42 Å². The van der Waals surface area contributed by atoms with Crippen LogP contribution in [0.2, 0.25) is 0 Å². The van der Waals surface area contributed by atoms with Gasteiger partial charge in [-0.2, -0.15) is 0 Å². The zero-order valence-electron chi connectivity index (χ0n) is 25.6. The molecule has 42 heavy (non-hydrogen) atoms. The predicted octanol–water partition coefficient (Wildman–Crippen LogP) is 2.87. The molecule has 2 unspecified atom stereocenters. The van der Waals surface area contributed by atoms with Crippen LogP contribution in [-0.2, 0) is 28.7 Å². The summed E-state index contributed by atoms with van der Waals surface area (Å²) in [5.41, 5.74) is 0.862. The van der Waals surface area contributed by atoms with Crippen LogP contribution in [0.5, 0.6) is 0 Å². The summed E-state index contributed by atoms with van der Waals surface area (Å²) in [7, 11) is 1.53. The van der Waals surface area contributed by atoms with Gasteiger partial charge in [0.25, 0.3) is 0 Å². The lowest BCUT2D eigenvalue weighted by molar-refractivity contribution is -0.144. The molecule has 10 heteroatoms. The molecule has 1 aliphatic heterocycles. The summed E-state index contributed by atoms with van der Waals surface area (Å²) < 4.78 is 10.2.